The molecule has 138 valence electrons. The summed E-state index contributed by atoms with van der Waals surface area (Å²) in [5, 5.41) is 2.97. The molecule has 0 unspecified atom stereocenters. The number of benzene rings is 1. The summed E-state index contributed by atoms with van der Waals surface area (Å²) in [5.41, 5.74) is 0.655. The summed E-state index contributed by atoms with van der Waals surface area (Å²) in [5.74, 6) is 1.51. The van der Waals surface area contributed by atoms with Gasteiger partial charge in [-0.25, -0.2) is 9.97 Å². The lowest BCUT2D eigenvalue weighted by atomic mass is 10.2. The Kier molecular flexibility index (Phi) is 6.38. The van der Waals surface area contributed by atoms with E-state index < -0.39 is 0 Å². The number of hydrogen-bond donors (Lipinski definition) is 1. The van der Waals surface area contributed by atoms with Gasteiger partial charge in [-0.05, 0) is 43.3 Å². The van der Waals surface area contributed by atoms with Crippen LogP contribution in [0.2, 0.25) is 0 Å². The van der Waals surface area contributed by atoms with Crippen LogP contribution in [-0.2, 0) is 0 Å². The first-order valence-electron chi connectivity index (χ1n) is 8.93. The minimum absolute atomic E-state index is 0.0429. The monoisotopic (exact) mass is 355 g/mol. The van der Waals surface area contributed by atoms with Gasteiger partial charge in [-0.15, -0.1) is 0 Å². The van der Waals surface area contributed by atoms with Gasteiger partial charge in [0.25, 0.3) is 5.91 Å². The van der Waals surface area contributed by atoms with Crippen molar-refractivity contribution in [3.8, 4) is 5.75 Å². The molecule has 7 nitrogen and oxygen atoms in total. The Balaban J connectivity index is 1.33. The molecule has 0 atom stereocenters. The van der Waals surface area contributed by atoms with Gasteiger partial charge in [0.2, 0.25) is 5.95 Å². The molecule has 2 heterocycles. The Morgan fingerprint density at radius 2 is 1.81 bits per heavy atom. The van der Waals surface area contributed by atoms with Crippen LogP contribution in [0.1, 0.15) is 16.8 Å². The molecule has 0 bridgehead atoms. The predicted octanol–water partition coefficient (Wildman–Crippen LogP) is 1.43. The lowest BCUT2D eigenvalue weighted by molar-refractivity contribution is 0.0951. The molecular formula is C19H25N5O2. The second-order valence-electron chi connectivity index (χ2n) is 6.22. The molecule has 1 saturated heterocycles. The molecule has 1 aliphatic rings. The van der Waals surface area contributed by atoms with Crippen molar-refractivity contribution in [3.63, 3.8) is 0 Å². The number of nitrogens with one attached hydrogen (secondary N) is 1. The zero-order valence-corrected chi connectivity index (χ0v) is 15.1. The van der Waals surface area contributed by atoms with E-state index in [0.717, 1.165) is 50.8 Å². The number of carbonyl (C=O) groups excluding carboxylic acids is 1. The average molecular weight is 355 g/mol. The highest BCUT2D eigenvalue weighted by Crippen LogP contribution is 2.11. The van der Waals surface area contributed by atoms with Crippen molar-refractivity contribution in [1.29, 1.82) is 0 Å². The molecule has 0 spiro atoms. The second kappa shape index (κ2) is 9.15. The summed E-state index contributed by atoms with van der Waals surface area (Å²) < 4.78 is 5.10. The van der Waals surface area contributed by atoms with Crippen molar-refractivity contribution in [2.75, 3.05) is 51.3 Å². The number of carbonyl (C=O) groups is 1. The van der Waals surface area contributed by atoms with Crippen LogP contribution < -0.4 is 15.0 Å². The minimum Gasteiger partial charge on any atom is -0.497 e. The Hall–Kier alpha value is -2.67. The summed E-state index contributed by atoms with van der Waals surface area (Å²) in [6, 6.07) is 8.98. The van der Waals surface area contributed by atoms with E-state index in [2.05, 4.69) is 25.1 Å². The van der Waals surface area contributed by atoms with Crippen molar-refractivity contribution in [1.82, 2.24) is 20.2 Å². The molecule has 1 aromatic carbocycles. The van der Waals surface area contributed by atoms with Crippen molar-refractivity contribution in [3.05, 3.63) is 48.3 Å². The maximum absolute atomic E-state index is 12.1. The Bertz CT molecular complexity index is 685. The van der Waals surface area contributed by atoms with E-state index in [9.17, 15) is 4.79 Å². The largest absolute Gasteiger partial charge is 0.497 e. The second-order valence-corrected chi connectivity index (χ2v) is 6.22. The van der Waals surface area contributed by atoms with E-state index in [1.807, 2.05) is 6.07 Å². The first kappa shape index (κ1) is 18.1. The van der Waals surface area contributed by atoms with E-state index in [0.29, 0.717) is 12.1 Å². The van der Waals surface area contributed by atoms with Gasteiger partial charge >= 0.3 is 0 Å². The van der Waals surface area contributed by atoms with E-state index in [-0.39, 0.29) is 5.91 Å². The molecular weight excluding hydrogens is 330 g/mol. The van der Waals surface area contributed by atoms with Crippen molar-refractivity contribution in [2.45, 2.75) is 6.42 Å². The highest BCUT2D eigenvalue weighted by molar-refractivity contribution is 5.94. The van der Waals surface area contributed by atoms with Crippen molar-refractivity contribution < 1.29 is 9.53 Å². The van der Waals surface area contributed by atoms with Gasteiger partial charge in [-0.2, -0.15) is 0 Å². The average Bonchev–Trinajstić information content (AvgIpc) is 2.72. The fourth-order valence-corrected chi connectivity index (χ4v) is 2.98. The summed E-state index contributed by atoms with van der Waals surface area (Å²) in [4.78, 5) is 25.3. The van der Waals surface area contributed by atoms with Gasteiger partial charge in [0, 0.05) is 50.7 Å². The number of amides is 1. The highest BCUT2D eigenvalue weighted by atomic mass is 16.5. The van der Waals surface area contributed by atoms with Crippen LogP contribution in [0.5, 0.6) is 5.75 Å². The molecule has 1 amide bonds. The van der Waals surface area contributed by atoms with Gasteiger partial charge < -0.3 is 15.0 Å². The number of hydrogen-bond acceptors (Lipinski definition) is 6. The number of nitrogens with zero attached hydrogens (tertiary/aromatic N) is 4. The molecule has 1 N–H and O–H groups in total. The minimum atomic E-state index is -0.0429. The van der Waals surface area contributed by atoms with Crippen LogP contribution in [0.3, 0.4) is 0 Å². The van der Waals surface area contributed by atoms with Gasteiger partial charge in [-0.3, -0.25) is 9.69 Å². The number of piperazine rings is 1. The van der Waals surface area contributed by atoms with Gasteiger partial charge in [0.05, 0.1) is 7.11 Å². The highest BCUT2D eigenvalue weighted by Gasteiger charge is 2.18. The standard InChI is InChI=1S/C19H25N5O2/c1-26-17-6-4-16(5-7-17)18(25)20-10-3-11-23-12-14-24(15-13-23)19-21-8-2-9-22-19/h2,4-9H,3,10-15H2,1H3,(H,20,25). The first-order chi connectivity index (χ1) is 12.8. The van der Waals surface area contributed by atoms with Gasteiger partial charge in [0.1, 0.15) is 5.75 Å². The van der Waals surface area contributed by atoms with E-state index >= 15 is 0 Å². The molecule has 1 aromatic heterocycles. The Labute approximate surface area is 154 Å². The van der Waals surface area contributed by atoms with Gasteiger partial charge in [-0.1, -0.05) is 0 Å². The molecule has 0 saturated carbocycles. The smallest absolute Gasteiger partial charge is 0.251 e. The number of aromatic nitrogens is 2. The van der Waals surface area contributed by atoms with Crippen LogP contribution in [0.4, 0.5) is 5.95 Å². The number of methoxy groups -OCH3 is 1. The number of rotatable bonds is 7. The topological polar surface area (TPSA) is 70.6 Å². The zero-order valence-electron chi connectivity index (χ0n) is 15.1. The predicted molar refractivity (Wildman–Crippen MR) is 101 cm³/mol. The van der Waals surface area contributed by atoms with Crippen LogP contribution in [0.25, 0.3) is 0 Å². The molecule has 1 fully saturated rings. The van der Waals surface area contributed by atoms with E-state index in [4.69, 9.17) is 4.74 Å². The summed E-state index contributed by atoms with van der Waals surface area (Å²) in [7, 11) is 1.61. The summed E-state index contributed by atoms with van der Waals surface area (Å²) in [6.45, 7) is 5.50. The molecule has 3 rings (SSSR count). The van der Waals surface area contributed by atoms with Crippen LogP contribution in [-0.4, -0.2) is 67.2 Å². The van der Waals surface area contributed by atoms with Crippen LogP contribution in [0.15, 0.2) is 42.7 Å². The zero-order chi connectivity index (χ0) is 18.2. The summed E-state index contributed by atoms with van der Waals surface area (Å²) >= 11 is 0. The molecule has 26 heavy (non-hydrogen) atoms. The lowest BCUT2D eigenvalue weighted by Crippen LogP contribution is -2.47. The third kappa shape index (κ3) is 4.92. The van der Waals surface area contributed by atoms with Gasteiger partial charge in [0.15, 0.2) is 0 Å². The van der Waals surface area contributed by atoms with Crippen LogP contribution >= 0.6 is 0 Å². The normalized spacial score (nSPS) is 14.9. The van der Waals surface area contributed by atoms with Crippen LogP contribution in [0, 0.1) is 0 Å². The Morgan fingerprint density at radius 3 is 2.46 bits per heavy atom. The van der Waals surface area contributed by atoms with Crippen molar-refractivity contribution >= 4 is 11.9 Å². The first-order valence-corrected chi connectivity index (χ1v) is 8.93. The third-order valence-electron chi connectivity index (χ3n) is 4.50. The molecule has 1 aliphatic heterocycles. The lowest BCUT2D eigenvalue weighted by Gasteiger charge is -2.34. The summed E-state index contributed by atoms with van der Waals surface area (Å²) in [6.07, 6.45) is 4.49. The quantitative estimate of drug-likeness (QED) is 0.758. The number of anilines is 1. The van der Waals surface area contributed by atoms with E-state index in [1.165, 1.54) is 0 Å². The fraction of sp³-hybridized carbons (Fsp3) is 0.421. The third-order valence-corrected chi connectivity index (χ3v) is 4.50. The van der Waals surface area contributed by atoms with Crippen molar-refractivity contribution in [2.24, 2.45) is 0 Å². The molecule has 7 heteroatoms. The SMILES string of the molecule is COc1ccc(C(=O)NCCCN2CCN(c3ncccn3)CC2)cc1. The van der Waals surface area contributed by atoms with E-state index in [1.54, 1.807) is 43.8 Å². The fourth-order valence-electron chi connectivity index (χ4n) is 2.98. The molecule has 0 radical (unpaired) electrons. The molecule has 2 aromatic rings. The number of ether oxygens (including phenoxy) is 1. The maximum Gasteiger partial charge on any atom is 0.251 e. The Morgan fingerprint density at radius 1 is 1.12 bits per heavy atom. The molecule has 0 aliphatic carbocycles. The maximum atomic E-state index is 12.1.